The van der Waals surface area contributed by atoms with Crippen LogP contribution in [-0.2, 0) is 0 Å². The van der Waals surface area contributed by atoms with Crippen LogP contribution in [0.2, 0.25) is 5.15 Å². The van der Waals surface area contributed by atoms with Crippen molar-refractivity contribution in [2.45, 2.75) is 30.4 Å². The van der Waals surface area contributed by atoms with E-state index in [1.54, 1.807) is 7.11 Å². The highest BCUT2D eigenvalue weighted by Crippen LogP contribution is 2.40. The Morgan fingerprint density at radius 2 is 2.17 bits per heavy atom. The number of ether oxygens (including phenoxy) is 1. The van der Waals surface area contributed by atoms with E-state index in [9.17, 15) is 0 Å². The van der Waals surface area contributed by atoms with Gasteiger partial charge < -0.3 is 10.1 Å². The van der Waals surface area contributed by atoms with Crippen LogP contribution in [0.15, 0.2) is 6.33 Å². The Morgan fingerprint density at radius 3 is 2.78 bits per heavy atom. The van der Waals surface area contributed by atoms with E-state index in [0.29, 0.717) is 21.5 Å². The zero-order valence-electron chi connectivity index (χ0n) is 10.7. The maximum absolute atomic E-state index is 5.97. The average molecular weight is 288 g/mol. The molecule has 18 heavy (non-hydrogen) atoms. The van der Waals surface area contributed by atoms with Crippen molar-refractivity contribution >= 4 is 29.2 Å². The van der Waals surface area contributed by atoms with Crippen LogP contribution >= 0.6 is 23.4 Å². The topological polar surface area (TPSA) is 47.0 Å². The summed E-state index contributed by atoms with van der Waals surface area (Å²) in [5.41, 5.74) is 0. The van der Waals surface area contributed by atoms with Gasteiger partial charge in [-0.2, -0.15) is 11.8 Å². The van der Waals surface area contributed by atoms with Gasteiger partial charge in [0, 0.05) is 11.3 Å². The number of anilines is 1. The number of hydrogen-bond donors (Lipinski definition) is 1. The maximum atomic E-state index is 5.97. The van der Waals surface area contributed by atoms with Gasteiger partial charge in [-0.15, -0.1) is 0 Å². The zero-order chi connectivity index (χ0) is 13.0. The summed E-state index contributed by atoms with van der Waals surface area (Å²) in [5, 5.41) is 3.70. The fourth-order valence-corrected chi connectivity index (χ4v) is 3.50. The second kappa shape index (κ2) is 5.97. The lowest BCUT2D eigenvalue weighted by Gasteiger charge is -2.27. The molecule has 1 N–H and O–H groups in total. The minimum Gasteiger partial charge on any atom is -0.490 e. The Kier molecular flexibility index (Phi) is 4.56. The predicted octanol–water partition coefficient (Wildman–Crippen LogP) is 3.23. The van der Waals surface area contributed by atoms with Crippen LogP contribution in [0.25, 0.3) is 0 Å². The third-order valence-corrected chi connectivity index (χ3v) is 5.18. The normalized spacial score (nSPS) is 17.7. The molecule has 0 aliphatic heterocycles. The molecule has 1 aromatic heterocycles. The van der Waals surface area contributed by atoms with Crippen LogP contribution in [0.1, 0.15) is 25.7 Å². The van der Waals surface area contributed by atoms with Crippen molar-refractivity contribution in [3.8, 4) is 5.75 Å². The highest BCUT2D eigenvalue weighted by atomic mass is 35.5. The highest BCUT2D eigenvalue weighted by Gasteiger charge is 2.33. The van der Waals surface area contributed by atoms with E-state index >= 15 is 0 Å². The van der Waals surface area contributed by atoms with Crippen LogP contribution in [0.4, 0.5) is 5.82 Å². The quantitative estimate of drug-likeness (QED) is 0.843. The smallest absolute Gasteiger partial charge is 0.198 e. The summed E-state index contributed by atoms with van der Waals surface area (Å²) in [6.45, 7) is 0.887. The molecule has 2 rings (SSSR count). The number of aromatic nitrogens is 2. The summed E-state index contributed by atoms with van der Waals surface area (Å²) in [7, 11) is 1.58. The number of nitrogens with one attached hydrogen (secondary N) is 1. The second-order valence-corrected chi connectivity index (χ2v) is 6.13. The Labute approximate surface area is 117 Å². The standard InChI is InChI=1S/C12H18ClN3OS/c1-17-9-10(13)15-8-16-11(9)14-7-12(18-2)5-3-4-6-12/h8H,3-7H2,1-2H3,(H,14,15,16). The molecule has 6 heteroatoms. The first-order valence-electron chi connectivity index (χ1n) is 6.04. The van der Waals surface area contributed by atoms with E-state index in [2.05, 4.69) is 21.5 Å². The lowest BCUT2D eigenvalue weighted by molar-refractivity contribution is 0.412. The van der Waals surface area contributed by atoms with Gasteiger partial charge in [0.1, 0.15) is 6.33 Å². The molecule has 0 bridgehead atoms. The second-order valence-electron chi connectivity index (χ2n) is 4.49. The number of thioether (sulfide) groups is 1. The molecule has 0 aromatic carbocycles. The summed E-state index contributed by atoms with van der Waals surface area (Å²) in [6.07, 6.45) is 8.75. The first kappa shape index (κ1) is 13.7. The van der Waals surface area contributed by atoms with Crippen LogP contribution in [-0.4, -0.2) is 34.6 Å². The molecule has 1 saturated carbocycles. The lowest BCUT2D eigenvalue weighted by atomic mass is 10.1. The number of rotatable bonds is 5. The maximum Gasteiger partial charge on any atom is 0.198 e. The molecule has 1 heterocycles. The van der Waals surface area contributed by atoms with Gasteiger partial charge in [-0.3, -0.25) is 0 Å². The molecule has 1 aliphatic carbocycles. The molecule has 1 fully saturated rings. The van der Waals surface area contributed by atoms with Gasteiger partial charge in [0.25, 0.3) is 0 Å². The third-order valence-electron chi connectivity index (χ3n) is 3.49. The molecule has 0 spiro atoms. The molecule has 0 saturated heterocycles. The minimum absolute atomic E-state index is 0.322. The van der Waals surface area contributed by atoms with Crippen molar-refractivity contribution in [3.05, 3.63) is 11.5 Å². The van der Waals surface area contributed by atoms with Crippen LogP contribution in [0, 0.1) is 0 Å². The van der Waals surface area contributed by atoms with Crippen molar-refractivity contribution in [3.63, 3.8) is 0 Å². The van der Waals surface area contributed by atoms with E-state index in [1.165, 1.54) is 32.0 Å². The van der Waals surface area contributed by atoms with Crippen LogP contribution < -0.4 is 10.1 Å². The molecule has 4 nitrogen and oxygen atoms in total. The molecular formula is C12H18ClN3OS. The molecule has 1 aromatic rings. The van der Waals surface area contributed by atoms with Gasteiger partial charge >= 0.3 is 0 Å². The fraction of sp³-hybridized carbons (Fsp3) is 0.667. The summed E-state index contributed by atoms with van der Waals surface area (Å²) in [4.78, 5) is 8.11. The zero-order valence-corrected chi connectivity index (χ0v) is 12.3. The summed E-state index contributed by atoms with van der Waals surface area (Å²) in [6, 6.07) is 0. The highest BCUT2D eigenvalue weighted by molar-refractivity contribution is 8.00. The van der Waals surface area contributed by atoms with Crippen molar-refractivity contribution in [2.75, 3.05) is 25.2 Å². The molecule has 0 unspecified atom stereocenters. The SMILES string of the molecule is COc1c(Cl)ncnc1NCC1(SC)CCCC1. The van der Waals surface area contributed by atoms with Gasteiger partial charge in [-0.1, -0.05) is 24.4 Å². The Balaban J connectivity index is 2.08. The average Bonchev–Trinajstić information content (AvgIpc) is 2.86. The summed E-state index contributed by atoms with van der Waals surface area (Å²) in [5.74, 6) is 1.20. The first-order valence-corrected chi connectivity index (χ1v) is 7.64. The van der Waals surface area contributed by atoms with Gasteiger partial charge in [0.2, 0.25) is 0 Å². The first-order chi connectivity index (χ1) is 8.71. The van der Waals surface area contributed by atoms with Crippen molar-refractivity contribution < 1.29 is 4.74 Å². The monoisotopic (exact) mass is 287 g/mol. The van der Waals surface area contributed by atoms with Crippen molar-refractivity contribution in [1.82, 2.24) is 9.97 Å². The number of halogens is 1. The van der Waals surface area contributed by atoms with E-state index < -0.39 is 0 Å². The largest absolute Gasteiger partial charge is 0.490 e. The van der Waals surface area contributed by atoms with E-state index in [0.717, 1.165) is 6.54 Å². The Morgan fingerprint density at radius 1 is 1.44 bits per heavy atom. The molecule has 1 aliphatic rings. The van der Waals surface area contributed by atoms with Gasteiger partial charge in [0.15, 0.2) is 16.7 Å². The van der Waals surface area contributed by atoms with Crippen LogP contribution in [0.3, 0.4) is 0 Å². The Hall–Kier alpha value is -0.680. The molecule has 0 radical (unpaired) electrons. The minimum atomic E-state index is 0.322. The molecule has 100 valence electrons. The summed E-state index contributed by atoms with van der Waals surface area (Å²) < 4.78 is 5.55. The lowest BCUT2D eigenvalue weighted by Crippen LogP contribution is -2.30. The molecular weight excluding hydrogens is 270 g/mol. The fourth-order valence-electron chi connectivity index (χ4n) is 2.38. The number of hydrogen-bond acceptors (Lipinski definition) is 5. The van der Waals surface area contributed by atoms with Gasteiger partial charge in [-0.25, -0.2) is 9.97 Å². The predicted molar refractivity (Wildman–Crippen MR) is 76.8 cm³/mol. The number of nitrogens with zero attached hydrogens (tertiary/aromatic N) is 2. The van der Waals surface area contributed by atoms with Crippen molar-refractivity contribution in [1.29, 1.82) is 0 Å². The third kappa shape index (κ3) is 2.83. The Bertz CT molecular complexity index is 410. The molecule has 0 amide bonds. The number of methoxy groups -OCH3 is 1. The van der Waals surface area contributed by atoms with Crippen LogP contribution in [0.5, 0.6) is 5.75 Å². The van der Waals surface area contributed by atoms with E-state index in [4.69, 9.17) is 16.3 Å². The summed E-state index contributed by atoms with van der Waals surface area (Å²) >= 11 is 7.91. The van der Waals surface area contributed by atoms with E-state index in [1.807, 2.05) is 11.8 Å². The van der Waals surface area contributed by atoms with E-state index in [-0.39, 0.29) is 0 Å². The van der Waals surface area contributed by atoms with Gasteiger partial charge in [-0.05, 0) is 19.1 Å². The molecule has 0 atom stereocenters. The van der Waals surface area contributed by atoms with Gasteiger partial charge in [0.05, 0.1) is 7.11 Å². The van der Waals surface area contributed by atoms with Crippen molar-refractivity contribution in [2.24, 2.45) is 0 Å².